The molecule has 0 aliphatic carbocycles. The van der Waals surface area contributed by atoms with Crippen molar-refractivity contribution in [2.75, 3.05) is 12.3 Å². The maximum Gasteiger partial charge on any atom is 0.292 e. The van der Waals surface area contributed by atoms with E-state index in [1.165, 1.54) is 6.20 Å². The minimum atomic E-state index is -0.331. The van der Waals surface area contributed by atoms with Crippen molar-refractivity contribution in [2.24, 2.45) is 0 Å². The molecule has 0 atom stereocenters. The Balaban J connectivity index is 2.76. The van der Waals surface area contributed by atoms with Crippen LogP contribution in [0.15, 0.2) is 10.7 Å². The number of nitrogens with zero attached hydrogens (tertiary/aromatic N) is 1. The number of hydrogen-bond donors (Lipinski definition) is 2. The van der Waals surface area contributed by atoms with Crippen LogP contribution < -0.4 is 11.1 Å². The number of nitrogens with one attached hydrogen (secondary N) is 1. The lowest BCUT2D eigenvalue weighted by Gasteiger charge is -1.96. The number of anilines is 1. The maximum atomic E-state index is 11.0. The van der Waals surface area contributed by atoms with E-state index in [0.29, 0.717) is 6.54 Å². The molecule has 1 aromatic heterocycles. The van der Waals surface area contributed by atoms with Crippen LogP contribution in [0.25, 0.3) is 0 Å². The van der Waals surface area contributed by atoms with Crippen molar-refractivity contribution in [3.63, 3.8) is 0 Å². The number of amides is 1. The van der Waals surface area contributed by atoms with Gasteiger partial charge in [-0.3, -0.25) is 4.79 Å². The Morgan fingerprint density at radius 1 is 1.91 bits per heavy atom. The molecular formula is C6H9N3O2. The summed E-state index contributed by atoms with van der Waals surface area (Å²) in [4.78, 5) is 11.0. The van der Waals surface area contributed by atoms with Gasteiger partial charge in [0.2, 0.25) is 5.76 Å². The Labute approximate surface area is 63.5 Å². The fraction of sp³-hybridized carbons (Fsp3) is 0.333. The molecule has 1 heterocycles. The first kappa shape index (κ1) is 7.59. The molecule has 1 amide bonds. The van der Waals surface area contributed by atoms with E-state index in [2.05, 4.69) is 15.0 Å². The van der Waals surface area contributed by atoms with Crippen molar-refractivity contribution < 1.29 is 9.32 Å². The third-order valence-electron chi connectivity index (χ3n) is 1.14. The summed E-state index contributed by atoms with van der Waals surface area (Å²) >= 11 is 0. The van der Waals surface area contributed by atoms with E-state index in [1.807, 2.05) is 6.92 Å². The van der Waals surface area contributed by atoms with Crippen LogP contribution in [0.4, 0.5) is 5.69 Å². The summed E-state index contributed by atoms with van der Waals surface area (Å²) < 4.78 is 4.59. The molecule has 5 nitrogen and oxygen atoms in total. The van der Waals surface area contributed by atoms with Gasteiger partial charge in [-0.25, -0.2) is 0 Å². The van der Waals surface area contributed by atoms with Crippen molar-refractivity contribution >= 4 is 11.6 Å². The second-order valence-corrected chi connectivity index (χ2v) is 1.97. The van der Waals surface area contributed by atoms with Crippen molar-refractivity contribution in [3.05, 3.63) is 12.0 Å². The Morgan fingerprint density at radius 2 is 2.64 bits per heavy atom. The van der Waals surface area contributed by atoms with E-state index in [9.17, 15) is 4.79 Å². The minimum absolute atomic E-state index is 0.0758. The summed E-state index contributed by atoms with van der Waals surface area (Å²) in [6.07, 6.45) is 1.30. The fourth-order valence-electron chi connectivity index (χ4n) is 0.661. The van der Waals surface area contributed by atoms with Crippen LogP contribution in [0.5, 0.6) is 0 Å². The predicted molar refractivity (Wildman–Crippen MR) is 38.9 cm³/mol. The van der Waals surface area contributed by atoms with Gasteiger partial charge in [0.1, 0.15) is 5.69 Å². The lowest BCUT2D eigenvalue weighted by atomic mass is 10.4. The number of nitrogen functional groups attached to an aromatic ring is 1. The molecule has 0 radical (unpaired) electrons. The van der Waals surface area contributed by atoms with Gasteiger partial charge in [-0.05, 0) is 6.92 Å². The first-order chi connectivity index (χ1) is 5.25. The molecule has 0 aliphatic heterocycles. The van der Waals surface area contributed by atoms with Gasteiger partial charge in [0.05, 0.1) is 6.20 Å². The van der Waals surface area contributed by atoms with Crippen LogP contribution in [-0.4, -0.2) is 17.6 Å². The average Bonchev–Trinajstić information content (AvgIpc) is 2.36. The van der Waals surface area contributed by atoms with Crippen LogP contribution in [0.2, 0.25) is 0 Å². The summed E-state index contributed by atoms with van der Waals surface area (Å²) in [6.45, 7) is 2.35. The number of carbonyl (C=O) groups is 1. The number of nitrogens with two attached hydrogens (primary N) is 1. The quantitative estimate of drug-likeness (QED) is 0.630. The summed E-state index contributed by atoms with van der Waals surface area (Å²) in [5.41, 5.74) is 5.61. The smallest absolute Gasteiger partial charge is 0.292 e. The predicted octanol–water partition coefficient (Wildman–Crippen LogP) is 0.00650. The van der Waals surface area contributed by atoms with E-state index in [1.54, 1.807) is 0 Å². The third-order valence-corrected chi connectivity index (χ3v) is 1.14. The minimum Gasteiger partial charge on any atom is -0.394 e. The maximum absolute atomic E-state index is 11.0. The van der Waals surface area contributed by atoms with Crippen LogP contribution in [-0.2, 0) is 0 Å². The molecular weight excluding hydrogens is 146 g/mol. The summed E-state index contributed by atoms with van der Waals surface area (Å²) in [5, 5.41) is 5.90. The van der Waals surface area contributed by atoms with Crippen LogP contribution in [0.3, 0.4) is 0 Å². The summed E-state index contributed by atoms with van der Waals surface area (Å²) in [6, 6.07) is 0. The Bertz CT molecular complexity index is 256. The second kappa shape index (κ2) is 3.05. The zero-order chi connectivity index (χ0) is 8.27. The molecule has 0 spiro atoms. The van der Waals surface area contributed by atoms with Gasteiger partial charge in [-0.2, -0.15) is 0 Å². The van der Waals surface area contributed by atoms with Gasteiger partial charge < -0.3 is 15.6 Å². The highest BCUT2D eigenvalue weighted by Gasteiger charge is 2.12. The topological polar surface area (TPSA) is 81.2 Å². The van der Waals surface area contributed by atoms with E-state index in [-0.39, 0.29) is 17.4 Å². The van der Waals surface area contributed by atoms with Crippen LogP contribution in [0.1, 0.15) is 17.5 Å². The van der Waals surface area contributed by atoms with Gasteiger partial charge in [0.25, 0.3) is 5.91 Å². The van der Waals surface area contributed by atoms with Crippen LogP contribution >= 0.6 is 0 Å². The molecule has 1 rings (SSSR count). The van der Waals surface area contributed by atoms with Gasteiger partial charge in [0, 0.05) is 6.54 Å². The third kappa shape index (κ3) is 1.49. The molecule has 60 valence electrons. The highest BCUT2D eigenvalue weighted by atomic mass is 16.5. The lowest BCUT2D eigenvalue weighted by Crippen LogP contribution is -2.22. The van der Waals surface area contributed by atoms with Crippen molar-refractivity contribution in [1.29, 1.82) is 0 Å². The number of aromatic nitrogens is 1. The molecule has 0 bridgehead atoms. The molecule has 0 unspecified atom stereocenters. The highest BCUT2D eigenvalue weighted by Crippen LogP contribution is 2.08. The van der Waals surface area contributed by atoms with E-state index < -0.39 is 0 Å². The van der Waals surface area contributed by atoms with Gasteiger partial charge in [-0.15, -0.1) is 0 Å². The SMILES string of the molecule is CCNC(=O)c1oncc1N. The molecule has 3 N–H and O–H groups in total. The molecule has 1 aromatic rings. The van der Waals surface area contributed by atoms with Crippen molar-refractivity contribution in [1.82, 2.24) is 10.5 Å². The van der Waals surface area contributed by atoms with E-state index >= 15 is 0 Å². The van der Waals surface area contributed by atoms with Crippen molar-refractivity contribution in [2.45, 2.75) is 6.92 Å². The molecule has 11 heavy (non-hydrogen) atoms. The highest BCUT2D eigenvalue weighted by molar-refractivity contribution is 5.95. The zero-order valence-corrected chi connectivity index (χ0v) is 6.13. The molecule has 5 heteroatoms. The second-order valence-electron chi connectivity index (χ2n) is 1.97. The van der Waals surface area contributed by atoms with E-state index in [0.717, 1.165) is 0 Å². The summed E-state index contributed by atoms with van der Waals surface area (Å²) in [5.74, 6) is -0.255. The largest absolute Gasteiger partial charge is 0.394 e. The Kier molecular flexibility index (Phi) is 2.10. The Morgan fingerprint density at radius 3 is 3.09 bits per heavy atom. The number of rotatable bonds is 2. The monoisotopic (exact) mass is 155 g/mol. The molecule has 0 saturated heterocycles. The van der Waals surface area contributed by atoms with Gasteiger partial charge in [-0.1, -0.05) is 5.16 Å². The zero-order valence-electron chi connectivity index (χ0n) is 6.13. The number of hydrogen-bond acceptors (Lipinski definition) is 4. The summed E-state index contributed by atoms with van der Waals surface area (Å²) in [7, 11) is 0. The van der Waals surface area contributed by atoms with E-state index in [4.69, 9.17) is 5.73 Å². The molecule has 0 fully saturated rings. The first-order valence-corrected chi connectivity index (χ1v) is 3.24. The lowest BCUT2D eigenvalue weighted by molar-refractivity contribution is 0.0920. The van der Waals surface area contributed by atoms with Crippen LogP contribution in [0, 0.1) is 0 Å². The standard InChI is InChI=1S/C6H9N3O2/c1-2-8-6(10)5-4(7)3-9-11-5/h3H,2,7H2,1H3,(H,8,10). The Hall–Kier alpha value is -1.52. The average molecular weight is 155 g/mol. The normalized spacial score (nSPS) is 9.55. The molecule has 0 aromatic carbocycles. The number of carbonyl (C=O) groups excluding carboxylic acids is 1. The fourth-order valence-corrected chi connectivity index (χ4v) is 0.661. The molecule has 0 aliphatic rings. The van der Waals surface area contributed by atoms with Gasteiger partial charge >= 0.3 is 0 Å². The molecule has 0 saturated carbocycles. The van der Waals surface area contributed by atoms with Crippen molar-refractivity contribution in [3.8, 4) is 0 Å². The first-order valence-electron chi connectivity index (χ1n) is 3.24. The van der Waals surface area contributed by atoms with Gasteiger partial charge in [0.15, 0.2) is 0 Å².